The lowest BCUT2D eigenvalue weighted by Crippen LogP contribution is -2.54. The van der Waals surface area contributed by atoms with Gasteiger partial charge in [-0.1, -0.05) is 0 Å². The minimum Gasteiger partial charge on any atom is -0.367 e. The molecule has 2 aromatic heterocycles. The molecule has 1 fully saturated rings. The van der Waals surface area contributed by atoms with E-state index < -0.39 is 5.82 Å². The fourth-order valence-corrected chi connectivity index (χ4v) is 4.62. The molecule has 1 amide bonds. The number of carbonyl (C=O) groups excluding carboxylic acids is 1. The van der Waals surface area contributed by atoms with Gasteiger partial charge in [0.2, 0.25) is 0 Å². The molecule has 1 saturated heterocycles. The Hall–Kier alpha value is -3.52. The number of carbonyl (C=O) groups is 1. The van der Waals surface area contributed by atoms with Gasteiger partial charge in [-0.25, -0.2) is 4.39 Å². The van der Waals surface area contributed by atoms with Gasteiger partial charge >= 0.3 is 0 Å². The van der Waals surface area contributed by atoms with E-state index in [0.717, 1.165) is 24.5 Å². The van der Waals surface area contributed by atoms with E-state index >= 15 is 0 Å². The highest BCUT2D eigenvalue weighted by Crippen LogP contribution is 2.29. The number of aromatic amines is 1. The van der Waals surface area contributed by atoms with Crippen LogP contribution in [0.1, 0.15) is 29.9 Å². The molecule has 1 aliphatic rings. The van der Waals surface area contributed by atoms with Crippen molar-refractivity contribution in [2.75, 3.05) is 23.3 Å². The summed E-state index contributed by atoms with van der Waals surface area (Å²) in [6.07, 6.45) is 3.22. The number of anilines is 2. The van der Waals surface area contributed by atoms with E-state index in [0.29, 0.717) is 45.3 Å². The van der Waals surface area contributed by atoms with E-state index in [2.05, 4.69) is 44.3 Å². The third-order valence-electron chi connectivity index (χ3n) is 5.82. The molecule has 0 spiro atoms. The first-order valence-electron chi connectivity index (χ1n) is 10.7. The molecule has 3 heterocycles. The second kappa shape index (κ2) is 7.87. The van der Waals surface area contributed by atoms with Crippen molar-refractivity contribution in [3.8, 4) is 0 Å². The third kappa shape index (κ3) is 3.67. The number of H-pyrrole nitrogens is 1. The van der Waals surface area contributed by atoms with Gasteiger partial charge in [-0.2, -0.15) is 0 Å². The molecule has 1 aliphatic heterocycles. The highest BCUT2D eigenvalue weighted by molar-refractivity contribution is 6.13. The van der Waals surface area contributed by atoms with E-state index in [1.807, 2.05) is 19.1 Å². The van der Waals surface area contributed by atoms with Crippen molar-refractivity contribution >= 4 is 39.2 Å². The summed E-state index contributed by atoms with van der Waals surface area (Å²) in [5.74, 6) is -0.761. The van der Waals surface area contributed by atoms with Crippen molar-refractivity contribution in [1.82, 2.24) is 20.3 Å². The second-order valence-corrected chi connectivity index (χ2v) is 8.59. The summed E-state index contributed by atoms with van der Waals surface area (Å²) in [6.45, 7) is 7.86. The van der Waals surface area contributed by atoms with Crippen LogP contribution in [0.15, 0.2) is 42.7 Å². The maximum atomic E-state index is 14.5. The lowest BCUT2D eigenvalue weighted by atomic mass is 10.1. The van der Waals surface area contributed by atoms with Crippen LogP contribution in [0.3, 0.4) is 0 Å². The molecule has 2 atom stereocenters. The molecule has 3 N–H and O–H groups in total. The second-order valence-electron chi connectivity index (χ2n) is 8.59. The zero-order valence-electron chi connectivity index (χ0n) is 18.2. The maximum Gasteiger partial charge on any atom is 0.257 e. The number of aryl methyl sites for hydroxylation is 1. The van der Waals surface area contributed by atoms with E-state index in [9.17, 15) is 9.18 Å². The number of nitrogens with zero attached hydrogens (tertiary/aromatic N) is 3. The number of piperazine rings is 1. The van der Waals surface area contributed by atoms with Gasteiger partial charge in [-0.05, 0) is 51.1 Å². The number of benzene rings is 2. The Kier molecular flexibility index (Phi) is 5.01. The minimum atomic E-state index is -0.409. The average Bonchev–Trinajstić information content (AvgIpc) is 3.13. The number of halogens is 1. The molecule has 0 saturated carbocycles. The normalized spacial score (nSPS) is 18.9. The largest absolute Gasteiger partial charge is 0.367 e. The van der Waals surface area contributed by atoms with E-state index in [-0.39, 0.29) is 5.91 Å². The van der Waals surface area contributed by atoms with Gasteiger partial charge in [0, 0.05) is 54.3 Å². The monoisotopic (exact) mass is 432 g/mol. The van der Waals surface area contributed by atoms with Gasteiger partial charge in [-0.15, -0.1) is 0 Å². The standard InChI is InChI=1S/C24H25FN6O/c1-13-8-16-9-17(10-19(25)21(16)29-13)30-24(32)18-4-5-20(23-22(18)26-6-7-27-23)31-11-14(2)28-15(3)12-31/h4-10,14-15,28-29H,11-12H2,1-3H3,(H,30,32). The molecule has 2 unspecified atom stereocenters. The van der Waals surface area contributed by atoms with E-state index in [1.54, 1.807) is 24.5 Å². The molecule has 5 rings (SSSR count). The predicted molar refractivity (Wildman–Crippen MR) is 125 cm³/mol. The van der Waals surface area contributed by atoms with Crippen molar-refractivity contribution in [2.24, 2.45) is 0 Å². The molecule has 7 nitrogen and oxygen atoms in total. The number of nitrogens with one attached hydrogen (secondary N) is 3. The third-order valence-corrected chi connectivity index (χ3v) is 5.82. The zero-order valence-corrected chi connectivity index (χ0v) is 18.2. The molecule has 0 aliphatic carbocycles. The summed E-state index contributed by atoms with van der Waals surface area (Å²) in [5, 5.41) is 7.06. The minimum absolute atomic E-state index is 0.343. The molecule has 32 heavy (non-hydrogen) atoms. The van der Waals surface area contributed by atoms with Crippen molar-refractivity contribution in [1.29, 1.82) is 0 Å². The van der Waals surface area contributed by atoms with Crippen LogP contribution in [0.25, 0.3) is 21.9 Å². The number of amides is 1. The molecule has 0 bridgehead atoms. The Morgan fingerprint density at radius 3 is 2.56 bits per heavy atom. The molecular formula is C24H25FN6O. The Morgan fingerprint density at radius 2 is 1.81 bits per heavy atom. The summed E-state index contributed by atoms with van der Waals surface area (Å²) in [4.78, 5) is 27.4. The van der Waals surface area contributed by atoms with Crippen molar-refractivity contribution in [3.05, 3.63) is 59.8 Å². The fraction of sp³-hybridized carbons (Fsp3) is 0.292. The Morgan fingerprint density at radius 1 is 1.09 bits per heavy atom. The van der Waals surface area contributed by atoms with Crippen LogP contribution in [-0.2, 0) is 0 Å². The van der Waals surface area contributed by atoms with Gasteiger partial charge in [0.1, 0.15) is 16.9 Å². The molecule has 0 radical (unpaired) electrons. The van der Waals surface area contributed by atoms with Gasteiger partial charge in [-0.3, -0.25) is 14.8 Å². The maximum absolute atomic E-state index is 14.5. The van der Waals surface area contributed by atoms with Crippen LogP contribution in [-0.4, -0.2) is 46.0 Å². The van der Waals surface area contributed by atoms with Crippen LogP contribution >= 0.6 is 0 Å². The number of rotatable bonds is 3. The van der Waals surface area contributed by atoms with Crippen molar-refractivity contribution < 1.29 is 9.18 Å². The quantitative estimate of drug-likeness (QED) is 0.456. The molecule has 164 valence electrons. The molecular weight excluding hydrogens is 407 g/mol. The summed E-state index contributed by atoms with van der Waals surface area (Å²) in [5.41, 5.74) is 4.25. The summed E-state index contributed by atoms with van der Waals surface area (Å²) >= 11 is 0. The molecule has 8 heteroatoms. The highest BCUT2D eigenvalue weighted by atomic mass is 19.1. The first-order chi connectivity index (χ1) is 15.4. The highest BCUT2D eigenvalue weighted by Gasteiger charge is 2.24. The lowest BCUT2D eigenvalue weighted by molar-refractivity contribution is 0.102. The Balaban J connectivity index is 1.50. The van der Waals surface area contributed by atoms with Crippen LogP contribution in [0.5, 0.6) is 0 Å². The van der Waals surface area contributed by atoms with E-state index in [1.165, 1.54) is 6.07 Å². The van der Waals surface area contributed by atoms with Crippen LogP contribution < -0.4 is 15.5 Å². The smallest absolute Gasteiger partial charge is 0.257 e. The topological polar surface area (TPSA) is 85.9 Å². The number of hydrogen-bond acceptors (Lipinski definition) is 5. The van der Waals surface area contributed by atoms with Crippen molar-refractivity contribution in [2.45, 2.75) is 32.9 Å². The van der Waals surface area contributed by atoms with Gasteiger partial charge in [0.05, 0.1) is 16.8 Å². The van der Waals surface area contributed by atoms with Gasteiger partial charge in [0.15, 0.2) is 0 Å². The Labute approximate surface area is 185 Å². The van der Waals surface area contributed by atoms with Crippen LogP contribution in [0, 0.1) is 12.7 Å². The van der Waals surface area contributed by atoms with Crippen LogP contribution in [0.4, 0.5) is 15.8 Å². The summed E-state index contributed by atoms with van der Waals surface area (Å²) < 4.78 is 14.5. The summed E-state index contributed by atoms with van der Waals surface area (Å²) in [7, 11) is 0. The SMILES string of the molecule is Cc1cc2cc(NC(=O)c3ccc(N4CC(C)NC(C)C4)c4nccnc34)cc(F)c2[nH]1. The molecule has 4 aromatic rings. The predicted octanol–water partition coefficient (Wildman–Crippen LogP) is 4.00. The lowest BCUT2D eigenvalue weighted by Gasteiger charge is -2.38. The van der Waals surface area contributed by atoms with Gasteiger partial charge < -0.3 is 20.5 Å². The fourth-order valence-electron chi connectivity index (χ4n) is 4.62. The van der Waals surface area contributed by atoms with Gasteiger partial charge in [0.25, 0.3) is 5.91 Å². The first kappa shape index (κ1) is 20.4. The first-order valence-corrected chi connectivity index (χ1v) is 10.7. The number of fused-ring (bicyclic) bond motifs is 2. The Bertz CT molecular complexity index is 1320. The van der Waals surface area contributed by atoms with Crippen LogP contribution in [0.2, 0.25) is 0 Å². The molecule has 2 aromatic carbocycles. The number of hydrogen-bond donors (Lipinski definition) is 3. The van der Waals surface area contributed by atoms with E-state index in [4.69, 9.17) is 0 Å². The summed E-state index contributed by atoms with van der Waals surface area (Å²) in [6, 6.07) is 9.31. The van der Waals surface area contributed by atoms with Crippen molar-refractivity contribution in [3.63, 3.8) is 0 Å². The average molecular weight is 433 g/mol. The number of aromatic nitrogens is 3. The zero-order chi connectivity index (χ0) is 22.4.